The summed E-state index contributed by atoms with van der Waals surface area (Å²) >= 11 is 1.69. The van der Waals surface area contributed by atoms with Crippen LogP contribution < -0.4 is 11.5 Å². The monoisotopic (exact) mass is 244 g/mol. The fraction of sp³-hybridized carbons (Fsp3) is 0.143. The first-order chi connectivity index (χ1) is 8.19. The van der Waals surface area contributed by atoms with E-state index in [2.05, 4.69) is 19.1 Å². The Morgan fingerprint density at radius 3 is 2.18 bits per heavy atom. The zero-order chi connectivity index (χ0) is 12.3. The molecule has 0 aliphatic rings. The zero-order valence-corrected chi connectivity index (χ0v) is 10.6. The first kappa shape index (κ1) is 11.9. The van der Waals surface area contributed by atoms with E-state index in [0.717, 1.165) is 22.7 Å². The lowest BCUT2D eigenvalue weighted by molar-refractivity contribution is 1.14. The molecule has 0 saturated carbocycles. The van der Waals surface area contributed by atoms with Gasteiger partial charge in [0.2, 0.25) is 0 Å². The van der Waals surface area contributed by atoms with Gasteiger partial charge in [0.25, 0.3) is 0 Å². The molecule has 0 spiro atoms. The molecule has 2 rings (SSSR count). The normalized spacial score (nSPS) is 10.4. The summed E-state index contributed by atoms with van der Waals surface area (Å²) in [4.78, 5) is 2.33. The number of nitrogens with two attached hydrogens (primary N) is 2. The second-order valence-corrected chi connectivity index (χ2v) is 5.03. The zero-order valence-electron chi connectivity index (χ0n) is 9.81. The van der Waals surface area contributed by atoms with Gasteiger partial charge in [0.05, 0.1) is 0 Å². The molecule has 17 heavy (non-hydrogen) atoms. The number of benzene rings is 2. The van der Waals surface area contributed by atoms with Crippen molar-refractivity contribution in [2.75, 3.05) is 11.5 Å². The van der Waals surface area contributed by atoms with E-state index in [1.165, 1.54) is 10.5 Å². The molecule has 0 fully saturated rings. The van der Waals surface area contributed by atoms with Crippen LogP contribution in [0.15, 0.2) is 52.3 Å². The summed E-state index contributed by atoms with van der Waals surface area (Å²) in [7, 11) is 0. The van der Waals surface area contributed by atoms with E-state index in [1.54, 1.807) is 11.8 Å². The van der Waals surface area contributed by atoms with Crippen molar-refractivity contribution in [1.82, 2.24) is 0 Å². The van der Waals surface area contributed by atoms with Crippen LogP contribution in [0.5, 0.6) is 0 Å². The topological polar surface area (TPSA) is 52.0 Å². The minimum Gasteiger partial charge on any atom is -0.399 e. The summed E-state index contributed by atoms with van der Waals surface area (Å²) in [6.07, 6.45) is 0.971. The third kappa shape index (κ3) is 2.94. The van der Waals surface area contributed by atoms with Crippen molar-refractivity contribution in [3.8, 4) is 0 Å². The number of rotatable bonds is 3. The van der Waals surface area contributed by atoms with Gasteiger partial charge in [-0.25, -0.2) is 0 Å². The molecule has 0 aliphatic carbocycles. The lowest BCUT2D eigenvalue weighted by atomic mass is 10.1. The summed E-state index contributed by atoms with van der Waals surface area (Å²) < 4.78 is 0. The van der Waals surface area contributed by atoms with Crippen molar-refractivity contribution < 1.29 is 0 Å². The summed E-state index contributed by atoms with van der Waals surface area (Å²) in [5.74, 6) is 0. The maximum atomic E-state index is 5.98. The van der Waals surface area contributed by atoms with Gasteiger partial charge in [-0.15, -0.1) is 0 Å². The van der Waals surface area contributed by atoms with Gasteiger partial charge in [-0.05, 0) is 48.4 Å². The molecule has 0 atom stereocenters. The van der Waals surface area contributed by atoms with Crippen LogP contribution in [0.25, 0.3) is 0 Å². The van der Waals surface area contributed by atoms with Gasteiger partial charge < -0.3 is 11.5 Å². The molecule has 0 amide bonds. The third-order valence-corrected chi connectivity index (χ3v) is 3.61. The van der Waals surface area contributed by atoms with Gasteiger partial charge in [-0.1, -0.05) is 24.8 Å². The smallest absolute Gasteiger partial charge is 0.0357 e. The quantitative estimate of drug-likeness (QED) is 0.812. The first-order valence-electron chi connectivity index (χ1n) is 5.61. The second kappa shape index (κ2) is 5.15. The van der Waals surface area contributed by atoms with E-state index < -0.39 is 0 Å². The van der Waals surface area contributed by atoms with Crippen LogP contribution in [0, 0.1) is 0 Å². The first-order valence-corrected chi connectivity index (χ1v) is 6.42. The molecule has 3 heteroatoms. The van der Waals surface area contributed by atoms with Crippen molar-refractivity contribution in [2.24, 2.45) is 0 Å². The molecule has 0 unspecified atom stereocenters. The third-order valence-electron chi connectivity index (χ3n) is 2.61. The van der Waals surface area contributed by atoms with E-state index in [1.807, 2.05) is 30.3 Å². The summed E-state index contributed by atoms with van der Waals surface area (Å²) in [6.45, 7) is 2.11. The Kier molecular flexibility index (Phi) is 3.59. The minimum absolute atomic E-state index is 0.787. The largest absolute Gasteiger partial charge is 0.399 e. The summed E-state index contributed by atoms with van der Waals surface area (Å²) in [6, 6.07) is 14.1. The molecule has 0 aromatic heterocycles. The van der Waals surface area contributed by atoms with Crippen LogP contribution in [0.1, 0.15) is 12.5 Å². The van der Waals surface area contributed by atoms with E-state index in [-0.39, 0.29) is 0 Å². The fourth-order valence-corrected chi connectivity index (χ4v) is 2.50. The van der Waals surface area contributed by atoms with Crippen LogP contribution in [0.2, 0.25) is 0 Å². The molecule has 0 radical (unpaired) electrons. The molecule has 0 aliphatic heterocycles. The molecule has 88 valence electrons. The summed E-state index contributed by atoms with van der Waals surface area (Å²) in [5.41, 5.74) is 14.5. The van der Waals surface area contributed by atoms with Crippen LogP contribution in [-0.2, 0) is 6.42 Å². The maximum Gasteiger partial charge on any atom is 0.0357 e. The molecular weight excluding hydrogens is 228 g/mol. The van der Waals surface area contributed by atoms with Crippen molar-refractivity contribution in [1.29, 1.82) is 0 Å². The van der Waals surface area contributed by atoms with E-state index in [0.29, 0.717) is 0 Å². The van der Waals surface area contributed by atoms with Gasteiger partial charge in [-0.2, -0.15) is 0 Å². The number of aryl methyl sites for hydroxylation is 1. The Morgan fingerprint density at radius 1 is 0.941 bits per heavy atom. The van der Waals surface area contributed by atoms with Crippen LogP contribution in [0.3, 0.4) is 0 Å². The highest BCUT2D eigenvalue weighted by Crippen LogP contribution is 2.30. The highest BCUT2D eigenvalue weighted by Gasteiger charge is 2.01. The Hall–Kier alpha value is -1.61. The molecule has 2 aromatic carbocycles. The van der Waals surface area contributed by atoms with E-state index >= 15 is 0 Å². The molecule has 2 aromatic rings. The van der Waals surface area contributed by atoms with Crippen LogP contribution in [0.4, 0.5) is 11.4 Å². The van der Waals surface area contributed by atoms with Crippen molar-refractivity contribution in [3.63, 3.8) is 0 Å². The predicted molar refractivity (Wildman–Crippen MR) is 75.2 cm³/mol. The van der Waals surface area contributed by atoms with Crippen molar-refractivity contribution in [3.05, 3.63) is 48.0 Å². The van der Waals surface area contributed by atoms with Gasteiger partial charge in [0, 0.05) is 21.2 Å². The fourth-order valence-electron chi connectivity index (χ4n) is 1.63. The molecular formula is C14H16N2S. The molecule has 2 nitrogen and oxygen atoms in total. The lowest BCUT2D eigenvalue weighted by Crippen LogP contribution is -1.92. The Balaban J connectivity index is 2.19. The minimum atomic E-state index is 0.787. The molecule has 0 bridgehead atoms. The van der Waals surface area contributed by atoms with Crippen LogP contribution >= 0.6 is 11.8 Å². The molecule has 0 heterocycles. The number of nitrogen functional groups attached to an aromatic ring is 2. The molecule has 4 N–H and O–H groups in total. The summed E-state index contributed by atoms with van der Waals surface area (Å²) in [5, 5.41) is 0. The predicted octanol–water partition coefficient (Wildman–Crippen LogP) is 3.56. The average Bonchev–Trinajstić information content (AvgIpc) is 2.32. The standard InChI is InChI=1S/C14H16N2S/c1-2-10-3-6-13(9-14(10)16)17-12-7-4-11(15)5-8-12/h3-9H,2,15-16H2,1H3. The highest BCUT2D eigenvalue weighted by atomic mass is 32.2. The van der Waals surface area contributed by atoms with Gasteiger partial charge in [0.15, 0.2) is 0 Å². The molecule has 0 saturated heterocycles. The highest BCUT2D eigenvalue weighted by molar-refractivity contribution is 7.99. The Morgan fingerprint density at radius 2 is 1.59 bits per heavy atom. The van der Waals surface area contributed by atoms with Gasteiger partial charge >= 0.3 is 0 Å². The van der Waals surface area contributed by atoms with Crippen molar-refractivity contribution in [2.45, 2.75) is 23.1 Å². The van der Waals surface area contributed by atoms with Crippen LogP contribution in [-0.4, -0.2) is 0 Å². The number of hydrogen-bond acceptors (Lipinski definition) is 3. The van der Waals surface area contributed by atoms with Crippen molar-refractivity contribution >= 4 is 23.1 Å². The Bertz CT molecular complexity index is 506. The SMILES string of the molecule is CCc1ccc(Sc2ccc(N)cc2)cc1N. The van der Waals surface area contributed by atoms with E-state index in [9.17, 15) is 0 Å². The maximum absolute atomic E-state index is 5.98. The Labute approximate surface area is 106 Å². The van der Waals surface area contributed by atoms with Gasteiger partial charge in [0.1, 0.15) is 0 Å². The lowest BCUT2D eigenvalue weighted by Gasteiger charge is -2.06. The average molecular weight is 244 g/mol. The number of hydrogen-bond donors (Lipinski definition) is 2. The van der Waals surface area contributed by atoms with Gasteiger partial charge in [-0.3, -0.25) is 0 Å². The number of anilines is 2. The van der Waals surface area contributed by atoms with E-state index in [4.69, 9.17) is 11.5 Å². The second-order valence-electron chi connectivity index (χ2n) is 3.89.